The molecular formula is C11H17NO3S. The van der Waals surface area contributed by atoms with Gasteiger partial charge in [-0.15, -0.1) is 0 Å². The summed E-state index contributed by atoms with van der Waals surface area (Å²) in [6.45, 7) is 4.88. The van der Waals surface area contributed by atoms with Gasteiger partial charge < -0.3 is 10.4 Å². The molecule has 2 unspecified atom stereocenters. The van der Waals surface area contributed by atoms with Gasteiger partial charge in [0.2, 0.25) is 5.91 Å². The van der Waals surface area contributed by atoms with Gasteiger partial charge in [-0.3, -0.25) is 4.79 Å². The van der Waals surface area contributed by atoms with Crippen LogP contribution in [0.1, 0.15) is 26.2 Å². The van der Waals surface area contributed by atoms with Crippen LogP contribution in [0.5, 0.6) is 0 Å². The second-order valence-electron chi connectivity index (χ2n) is 4.17. The minimum absolute atomic E-state index is 0.325. The summed E-state index contributed by atoms with van der Waals surface area (Å²) in [6.07, 6.45) is 3.72. The number of carboxylic acids is 1. The third-order valence-corrected chi connectivity index (χ3v) is 4.11. The van der Waals surface area contributed by atoms with E-state index in [0.29, 0.717) is 11.7 Å². The molecule has 1 aliphatic heterocycles. The Morgan fingerprint density at radius 2 is 2.38 bits per heavy atom. The Morgan fingerprint density at radius 3 is 2.81 bits per heavy atom. The lowest BCUT2D eigenvalue weighted by atomic mass is 9.94. The first-order valence-corrected chi connectivity index (χ1v) is 6.32. The first-order chi connectivity index (χ1) is 7.48. The van der Waals surface area contributed by atoms with Crippen LogP contribution in [0.3, 0.4) is 0 Å². The average Bonchev–Trinajstić information content (AvgIpc) is 2.69. The van der Waals surface area contributed by atoms with E-state index < -0.39 is 17.4 Å². The van der Waals surface area contributed by atoms with Crippen molar-refractivity contribution in [2.45, 2.75) is 37.0 Å². The monoisotopic (exact) mass is 243 g/mol. The molecule has 0 aromatic carbocycles. The van der Waals surface area contributed by atoms with Crippen LogP contribution in [0.25, 0.3) is 0 Å². The molecule has 16 heavy (non-hydrogen) atoms. The van der Waals surface area contributed by atoms with Gasteiger partial charge in [0.25, 0.3) is 0 Å². The molecule has 1 fully saturated rings. The fourth-order valence-electron chi connectivity index (χ4n) is 1.78. The number of hydrogen-bond acceptors (Lipinski definition) is 3. The number of thioether (sulfide) groups is 1. The van der Waals surface area contributed by atoms with E-state index in [0.717, 1.165) is 24.7 Å². The summed E-state index contributed by atoms with van der Waals surface area (Å²) in [5.74, 6) is -0.349. The molecule has 90 valence electrons. The molecule has 0 spiro atoms. The van der Waals surface area contributed by atoms with E-state index in [-0.39, 0.29) is 0 Å². The lowest BCUT2D eigenvalue weighted by Gasteiger charge is -2.28. The second kappa shape index (κ2) is 5.39. The Hall–Kier alpha value is -0.970. The molecule has 0 bridgehead atoms. The van der Waals surface area contributed by atoms with E-state index in [1.165, 1.54) is 0 Å². The summed E-state index contributed by atoms with van der Waals surface area (Å²) >= 11 is 1.78. The Bertz CT molecular complexity index is 300. The second-order valence-corrected chi connectivity index (χ2v) is 5.58. The summed E-state index contributed by atoms with van der Waals surface area (Å²) in [6, 6.07) is 0. The van der Waals surface area contributed by atoms with Crippen molar-refractivity contribution in [2.75, 3.05) is 5.75 Å². The molecule has 1 amide bonds. The van der Waals surface area contributed by atoms with Crippen LogP contribution < -0.4 is 5.32 Å². The molecule has 0 aromatic heterocycles. The normalized spacial score (nSPS) is 23.4. The minimum Gasteiger partial charge on any atom is -0.480 e. The summed E-state index contributed by atoms with van der Waals surface area (Å²) in [7, 11) is 0. The van der Waals surface area contributed by atoms with Crippen LogP contribution in [0.4, 0.5) is 0 Å². The van der Waals surface area contributed by atoms with Crippen molar-refractivity contribution in [3.63, 3.8) is 0 Å². The summed E-state index contributed by atoms with van der Waals surface area (Å²) in [4.78, 5) is 22.4. The van der Waals surface area contributed by atoms with Crippen LogP contribution in [-0.4, -0.2) is 33.5 Å². The van der Waals surface area contributed by atoms with Crippen molar-refractivity contribution in [1.29, 1.82) is 0 Å². The molecule has 2 atom stereocenters. The van der Waals surface area contributed by atoms with Gasteiger partial charge in [-0.05, 0) is 38.0 Å². The highest BCUT2D eigenvalue weighted by Crippen LogP contribution is 2.32. The van der Waals surface area contributed by atoms with Gasteiger partial charge in [-0.2, -0.15) is 11.8 Å². The molecule has 0 aromatic rings. The van der Waals surface area contributed by atoms with Crippen LogP contribution >= 0.6 is 11.8 Å². The molecule has 2 N–H and O–H groups in total. The fourth-order valence-corrected chi connectivity index (χ4v) is 3.23. The van der Waals surface area contributed by atoms with Gasteiger partial charge in [0.15, 0.2) is 0 Å². The minimum atomic E-state index is -1.19. The maximum Gasteiger partial charge on any atom is 0.329 e. The number of carbonyl (C=O) groups excluding carboxylic acids is 1. The highest BCUT2D eigenvalue weighted by atomic mass is 32.2. The van der Waals surface area contributed by atoms with Gasteiger partial charge in [0, 0.05) is 5.25 Å². The lowest BCUT2D eigenvalue weighted by Crippen LogP contribution is -2.53. The van der Waals surface area contributed by atoms with Gasteiger partial charge in [-0.1, -0.05) is 6.58 Å². The van der Waals surface area contributed by atoms with Gasteiger partial charge in [0.05, 0.1) is 0 Å². The van der Waals surface area contributed by atoms with E-state index in [1.807, 2.05) is 0 Å². The molecule has 1 rings (SSSR count). The average molecular weight is 243 g/mol. The molecule has 0 aliphatic carbocycles. The van der Waals surface area contributed by atoms with Crippen molar-refractivity contribution in [3.05, 3.63) is 12.7 Å². The SMILES string of the molecule is C=CC(=O)NC(C)(CC1CCCS1)C(=O)O. The molecule has 1 aliphatic rings. The smallest absolute Gasteiger partial charge is 0.329 e. The van der Waals surface area contributed by atoms with Gasteiger partial charge in [-0.25, -0.2) is 4.79 Å². The molecule has 1 heterocycles. The molecule has 4 nitrogen and oxygen atoms in total. The zero-order valence-corrected chi connectivity index (χ0v) is 10.2. The number of carbonyl (C=O) groups is 2. The van der Waals surface area contributed by atoms with Crippen LogP contribution in [-0.2, 0) is 9.59 Å². The third-order valence-electron chi connectivity index (χ3n) is 2.72. The predicted octanol–water partition coefficient (Wildman–Crippen LogP) is 1.42. The zero-order chi connectivity index (χ0) is 12.2. The van der Waals surface area contributed by atoms with E-state index in [9.17, 15) is 14.7 Å². The molecule has 5 heteroatoms. The standard InChI is InChI=1S/C11H17NO3S/c1-3-9(13)12-11(2,10(14)15)7-8-5-4-6-16-8/h3,8H,1,4-7H2,2H3,(H,12,13)(H,14,15). The lowest BCUT2D eigenvalue weighted by molar-refractivity contribution is -0.146. The zero-order valence-electron chi connectivity index (χ0n) is 9.36. The fraction of sp³-hybridized carbons (Fsp3) is 0.636. The number of hydrogen-bond donors (Lipinski definition) is 2. The van der Waals surface area contributed by atoms with Gasteiger partial charge in [0.1, 0.15) is 5.54 Å². The van der Waals surface area contributed by atoms with E-state index >= 15 is 0 Å². The number of nitrogens with one attached hydrogen (secondary N) is 1. The Labute approximate surface area is 99.5 Å². The number of carboxylic acid groups (broad SMARTS) is 1. The van der Waals surface area contributed by atoms with E-state index in [2.05, 4.69) is 11.9 Å². The molecular weight excluding hydrogens is 226 g/mol. The van der Waals surface area contributed by atoms with E-state index in [1.54, 1.807) is 18.7 Å². The predicted molar refractivity (Wildman–Crippen MR) is 64.5 cm³/mol. The first kappa shape index (κ1) is 13.1. The van der Waals surface area contributed by atoms with E-state index in [4.69, 9.17) is 0 Å². The molecule has 1 saturated heterocycles. The van der Waals surface area contributed by atoms with Crippen LogP contribution in [0.15, 0.2) is 12.7 Å². The number of amides is 1. The largest absolute Gasteiger partial charge is 0.480 e. The quantitative estimate of drug-likeness (QED) is 0.717. The third kappa shape index (κ3) is 3.27. The van der Waals surface area contributed by atoms with Gasteiger partial charge >= 0.3 is 5.97 Å². The molecule has 0 radical (unpaired) electrons. The van der Waals surface area contributed by atoms with Crippen molar-refractivity contribution in [3.8, 4) is 0 Å². The van der Waals surface area contributed by atoms with Crippen LogP contribution in [0.2, 0.25) is 0 Å². The van der Waals surface area contributed by atoms with Crippen molar-refractivity contribution in [1.82, 2.24) is 5.32 Å². The Morgan fingerprint density at radius 1 is 1.69 bits per heavy atom. The van der Waals surface area contributed by atoms with Crippen molar-refractivity contribution >= 4 is 23.6 Å². The maximum absolute atomic E-state index is 11.2. The number of aliphatic carboxylic acids is 1. The topological polar surface area (TPSA) is 66.4 Å². The Balaban J connectivity index is 2.66. The Kier molecular flexibility index (Phi) is 4.41. The highest BCUT2D eigenvalue weighted by Gasteiger charge is 2.37. The summed E-state index contributed by atoms with van der Waals surface area (Å²) in [5.41, 5.74) is -1.19. The van der Waals surface area contributed by atoms with Crippen LogP contribution in [0, 0.1) is 0 Å². The summed E-state index contributed by atoms with van der Waals surface area (Å²) < 4.78 is 0. The molecule has 0 saturated carbocycles. The van der Waals surface area contributed by atoms with Crippen molar-refractivity contribution < 1.29 is 14.7 Å². The maximum atomic E-state index is 11.2. The number of rotatable bonds is 5. The summed E-state index contributed by atoms with van der Waals surface area (Å²) in [5, 5.41) is 12.0. The first-order valence-electron chi connectivity index (χ1n) is 5.27. The highest BCUT2D eigenvalue weighted by molar-refractivity contribution is 8.00. The van der Waals surface area contributed by atoms with Crippen molar-refractivity contribution in [2.24, 2.45) is 0 Å².